The number of alkyl carbamates (subject to hydrolysis) is 1. The molecule has 2 amide bonds. The summed E-state index contributed by atoms with van der Waals surface area (Å²) in [6, 6.07) is 9.66. The molecule has 4 atom stereocenters. The number of ether oxygens (including phenoxy) is 1. The number of nitrogens with one attached hydrogen (secondary N) is 1. The number of alkyl halides is 2. The zero-order valence-corrected chi connectivity index (χ0v) is 24.5. The molecule has 41 heavy (non-hydrogen) atoms. The predicted molar refractivity (Wildman–Crippen MR) is 151 cm³/mol. The molecule has 2 saturated heterocycles. The summed E-state index contributed by atoms with van der Waals surface area (Å²) in [5, 5.41) is 31.9. The number of aryl methyl sites for hydroxylation is 1. The summed E-state index contributed by atoms with van der Waals surface area (Å²) >= 11 is 0. The third kappa shape index (κ3) is 9.38. The zero-order valence-electron chi connectivity index (χ0n) is 24.5. The zero-order chi connectivity index (χ0) is 30.4. The van der Waals surface area contributed by atoms with Crippen LogP contribution >= 0.6 is 0 Å². The van der Waals surface area contributed by atoms with Crippen molar-refractivity contribution in [2.45, 2.75) is 77.2 Å². The van der Waals surface area contributed by atoms with Crippen molar-refractivity contribution in [1.82, 2.24) is 15.1 Å². The normalized spacial score (nSPS) is 21.4. The van der Waals surface area contributed by atoms with E-state index in [2.05, 4.69) is 11.4 Å². The molecule has 9 nitrogen and oxygen atoms in total. The standard InChI is InChI=1S/C29H43BF2N4O5/c1-20-7-9-22(10-8-20)14-25(30(39)40)34-27(38)41-18-23-6-5-12-35(17-23)26(37)24(16-33)21(2)15-28(3,4)36-13-11-29(31,32)19-36/h7-10,21,23-25,39-40H,5-6,11-15,17-19H2,1-4H3,(H,34,38)/t21?,23-,24?,25-/m0/s1. The molecule has 0 aliphatic carbocycles. The Balaban J connectivity index is 1.51. The van der Waals surface area contributed by atoms with Gasteiger partial charge >= 0.3 is 13.2 Å². The highest BCUT2D eigenvalue weighted by Gasteiger charge is 2.45. The lowest BCUT2D eigenvalue weighted by atomic mass is 9.76. The molecule has 226 valence electrons. The summed E-state index contributed by atoms with van der Waals surface area (Å²) < 4.78 is 33.0. The fourth-order valence-electron chi connectivity index (χ4n) is 5.91. The average Bonchev–Trinajstić information content (AvgIpc) is 3.29. The second-order valence-corrected chi connectivity index (χ2v) is 12.4. The van der Waals surface area contributed by atoms with Gasteiger partial charge in [0.2, 0.25) is 5.91 Å². The number of hydrogen-bond donors (Lipinski definition) is 3. The van der Waals surface area contributed by atoms with Gasteiger partial charge < -0.3 is 25.0 Å². The van der Waals surface area contributed by atoms with Crippen LogP contribution < -0.4 is 5.32 Å². The molecular weight excluding hydrogens is 533 g/mol. The fraction of sp³-hybridized carbons (Fsp3) is 0.690. The Bertz CT molecular complexity index is 1080. The highest BCUT2D eigenvalue weighted by Crippen LogP contribution is 2.36. The van der Waals surface area contributed by atoms with Crippen molar-refractivity contribution in [1.29, 1.82) is 5.26 Å². The van der Waals surface area contributed by atoms with Crippen LogP contribution in [-0.4, -0.2) is 89.2 Å². The molecule has 2 fully saturated rings. The van der Waals surface area contributed by atoms with Crippen molar-refractivity contribution < 1.29 is 33.2 Å². The summed E-state index contributed by atoms with van der Waals surface area (Å²) in [7, 11) is -1.77. The van der Waals surface area contributed by atoms with E-state index in [0.29, 0.717) is 25.9 Å². The molecule has 1 aromatic carbocycles. The molecule has 0 spiro atoms. The van der Waals surface area contributed by atoms with Gasteiger partial charge in [0.1, 0.15) is 5.92 Å². The van der Waals surface area contributed by atoms with E-state index in [1.165, 1.54) is 0 Å². The SMILES string of the molecule is Cc1ccc(C[C@H](NC(=O)OC[C@H]2CCCN(C(=O)C(C#N)C(C)CC(C)(C)N3CCC(F)(F)C3)C2)B(O)O)cc1. The van der Waals surface area contributed by atoms with E-state index < -0.39 is 36.5 Å². The summed E-state index contributed by atoms with van der Waals surface area (Å²) in [4.78, 5) is 29.2. The van der Waals surface area contributed by atoms with Crippen molar-refractivity contribution in [3.05, 3.63) is 35.4 Å². The Kier molecular flexibility index (Phi) is 11.1. The molecular formula is C29H43BF2N4O5. The Morgan fingerprint density at radius 3 is 2.54 bits per heavy atom. The second-order valence-electron chi connectivity index (χ2n) is 12.4. The van der Waals surface area contributed by atoms with E-state index in [1.807, 2.05) is 52.0 Å². The van der Waals surface area contributed by atoms with Crippen molar-refractivity contribution in [3.8, 4) is 6.07 Å². The maximum absolute atomic E-state index is 13.8. The first-order valence-electron chi connectivity index (χ1n) is 14.4. The van der Waals surface area contributed by atoms with Gasteiger partial charge in [0.25, 0.3) is 5.92 Å². The number of likely N-dealkylation sites (tertiary alicyclic amines) is 2. The maximum atomic E-state index is 13.8. The maximum Gasteiger partial charge on any atom is 0.475 e. The smallest absolute Gasteiger partial charge is 0.449 e. The number of piperidine rings is 1. The highest BCUT2D eigenvalue weighted by molar-refractivity contribution is 6.43. The van der Waals surface area contributed by atoms with E-state index in [4.69, 9.17) is 4.74 Å². The van der Waals surface area contributed by atoms with Crippen molar-refractivity contribution in [3.63, 3.8) is 0 Å². The largest absolute Gasteiger partial charge is 0.475 e. The number of nitrogens with zero attached hydrogens (tertiary/aromatic N) is 3. The van der Waals surface area contributed by atoms with E-state index >= 15 is 0 Å². The van der Waals surface area contributed by atoms with Gasteiger partial charge in [-0.15, -0.1) is 0 Å². The Labute approximate surface area is 242 Å². The van der Waals surface area contributed by atoms with Crippen LogP contribution in [0.5, 0.6) is 0 Å². The van der Waals surface area contributed by atoms with Crippen LogP contribution in [0.3, 0.4) is 0 Å². The lowest BCUT2D eigenvalue weighted by molar-refractivity contribution is -0.137. The lowest BCUT2D eigenvalue weighted by Crippen LogP contribution is -2.49. The van der Waals surface area contributed by atoms with Crippen LogP contribution in [0.25, 0.3) is 0 Å². The van der Waals surface area contributed by atoms with E-state index in [1.54, 1.807) is 9.80 Å². The van der Waals surface area contributed by atoms with Crippen molar-refractivity contribution in [2.24, 2.45) is 17.8 Å². The van der Waals surface area contributed by atoms with Crippen LogP contribution in [0.15, 0.2) is 24.3 Å². The first-order valence-corrected chi connectivity index (χ1v) is 14.4. The van der Waals surface area contributed by atoms with Crippen molar-refractivity contribution >= 4 is 19.1 Å². The number of benzene rings is 1. The van der Waals surface area contributed by atoms with Gasteiger partial charge in [-0.2, -0.15) is 5.26 Å². The quantitative estimate of drug-likeness (QED) is 0.346. The minimum Gasteiger partial charge on any atom is -0.449 e. The Hall–Kier alpha value is -2.75. The Morgan fingerprint density at radius 2 is 1.95 bits per heavy atom. The first kappa shape index (κ1) is 32.8. The molecule has 2 aliphatic rings. The molecule has 2 unspecified atom stereocenters. The number of carbonyl (C=O) groups is 2. The van der Waals surface area contributed by atoms with Gasteiger partial charge in [-0.1, -0.05) is 36.8 Å². The summed E-state index contributed by atoms with van der Waals surface area (Å²) in [6.07, 6.45) is 1.09. The number of nitriles is 1. The molecule has 1 aromatic rings. The van der Waals surface area contributed by atoms with Crippen LogP contribution in [-0.2, 0) is 16.0 Å². The van der Waals surface area contributed by atoms with Crippen LogP contribution in [0, 0.1) is 36.0 Å². The number of rotatable bonds is 11. The van der Waals surface area contributed by atoms with Gasteiger partial charge in [-0.3, -0.25) is 9.69 Å². The highest BCUT2D eigenvalue weighted by atomic mass is 19.3. The van der Waals surface area contributed by atoms with Crippen LogP contribution in [0.2, 0.25) is 0 Å². The summed E-state index contributed by atoms with van der Waals surface area (Å²) in [5.74, 6) is -5.34. The molecule has 12 heteroatoms. The van der Waals surface area contributed by atoms with E-state index in [-0.39, 0.29) is 50.3 Å². The number of hydrogen-bond acceptors (Lipinski definition) is 7. The monoisotopic (exact) mass is 576 g/mol. The molecule has 3 rings (SSSR count). The van der Waals surface area contributed by atoms with Gasteiger partial charge in [-0.05, 0) is 57.9 Å². The minimum absolute atomic E-state index is 0.0391. The molecule has 0 aromatic heterocycles. The summed E-state index contributed by atoms with van der Waals surface area (Å²) in [6.45, 7) is 8.34. The number of halogens is 2. The summed E-state index contributed by atoms with van der Waals surface area (Å²) in [5.41, 5.74) is 1.31. The van der Waals surface area contributed by atoms with Gasteiger partial charge in [0.05, 0.1) is 25.2 Å². The number of carbonyl (C=O) groups excluding carboxylic acids is 2. The molecule has 0 radical (unpaired) electrons. The lowest BCUT2D eigenvalue weighted by Gasteiger charge is -2.39. The van der Waals surface area contributed by atoms with Crippen molar-refractivity contribution in [2.75, 3.05) is 32.8 Å². The third-order valence-corrected chi connectivity index (χ3v) is 8.34. The van der Waals surface area contributed by atoms with Gasteiger partial charge in [0.15, 0.2) is 0 Å². The first-order chi connectivity index (χ1) is 19.2. The number of amides is 2. The van der Waals surface area contributed by atoms with Crippen LogP contribution in [0.4, 0.5) is 13.6 Å². The van der Waals surface area contributed by atoms with Crippen LogP contribution in [0.1, 0.15) is 57.6 Å². The molecule has 0 saturated carbocycles. The van der Waals surface area contributed by atoms with Gasteiger partial charge in [-0.25, -0.2) is 13.6 Å². The van der Waals surface area contributed by atoms with E-state index in [9.17, 15) is 33.7 Å². The topological polar surface area (TPSA) is 126 Å². The molecule has 3 N–H and O–H groups in total. The third-order valence-electron chi connectivity index (χ3n) is 8.34. The minimum atomic E-state index is -2.72. The molecule has 2 heterocycles. The molecule has 0 bridgehead atoms. The van der Waals surface area contributed by atoms with E-state index in [0.717, 1.165) is 17.5 Å². The fourth-order valence-corrected chi connectivity index (χ4v) is 5.91. The Morgan fingerprint density at radius 1 is 1.27 bits per heavy atom. The molecule has 2 aliphatic heterocycles. The predicted octanol–water partition coefficient (Wildman–Crippen LogP) is 3.17. The van der Waals surface area contributed by atoms with Gasteiger partial charge in [0, 0.05) is 37.5 Å². The second kappa shape index (κ2) is 13.9. The average molecular weight is 576 g/mol.